The van der Waals surface area contributed by atoms with Gasteiger partial charge in [0.25, 0.3) is 0 Å². The average molecular weight is 227 g/mol. The summed E-state index contributed by atoms with van der Waals surface area (Å²) in [5.41, 5.74) is -0.418. The van der Waals surface area contributed by atoms with E-state index < -0.39 is 5.60 Å². The fraction of sp³-hybridized carbons (Fsp3) is 1.00. The first-order valence-corrected chi connectivity index (χ1v) is 6.64. The number of hydrogen-bond acceptors (Lipinski definition) is 3. The molecule has 2 fully saturated rings. The van der Waals surface area contributed by atoms with Gasteiger partial charge in [0.05, 0.1) is 17.8 Å². The molecule has 3 heteroatoms. The largest absolute Gasteiger partial charge is 0.389 e. The van der Waals surface area contributed by atoms with Crippen molar-refractivity contribution in [1.29, 1.82) is 0 Å². The van der Waals surface area contributed by atoms with E-state index in [1.165, 1.54) is 25.7 Å². The first-order chi connectivity index (χ1) is 7.57. The zero-order valence-electron chi connectivity index (χ0n) is 10.6. The molecule has 0 spiro atoms. The van der Waals surface area contributed by atoms with E-state index in [0.29, 0.717) is 12.2 Å². The summed E-state index contributed by atoms with van der Waals surface area (Å²) in [6.07, 6.45) is 7.46. The average Bonchev–Trinajstić information content (AvgIpc) is 2.75. The van der Waals surface area contributed by atoms with Crippen molar-refractivity contribution in [2.45, 2.75) is 63.3 Å². The highest BCUT2D eigenvalue weighted by Gasteiger charge is 2.33. The summed E-state index contributed by atoms with van der Waals surface area (Å²) >= 11 is 0. The second-order valence-corrected chi connectivity index (χ2v) is 5.77. The van der Waals surface area contributed by atoms with Crippen molar-refractivity contribution >= 4 is 0 Å². The molecule has 2 unspecified atom stereocenters. The van der Waals surface area contributed by atoms with E-state index >= 15 is 0 Å². The van der Waals surface area contributed by atoms with E-state index in [1.807, 2.05) is 0 Å². The minimum atomic E-state index is -0.418. The van der Waals surface area contributed by atoms with Crippen LogP contribution in [-0.2, 0) is 4.74 Å². The molecule has 1 heterocycles. The number of ether oxygens (including phenoxy) is 1. The standard InChI is InChI=1S/C13H25NO2/c1-11-5-6-12(16-11)9-14(2)10-13(15)7-3-4-8-13/h11-12,15H,3-10H2,1-2H3. The molecule has 0 bridgehead atoms. The van der Waals surface area contributed by atoms with Crippen LogP contribution in [0.3, 0.4) is 0 Å². The van der Waals surface area contributed by atoms with Crippen molar-refractivity contribution in [2.75, 3.05) is 20.1 Å². The normalized spacial score (nSPS) is 33.8. The Balaban J connectivity index is 1.73. The second kappa shape index (κ2) is 5.03. The molecule has 0 aromatic heterocycles. The molecule has 1 saturated carbocycles. The van der Waals surface area contributed by atoms with Gasteiger partial charge in [0, 0.05) is 13.1 Å². The highest BCUT2D eigenvalue weighted by Crippen LogP contribution is 2.30. The highest BCUT2D eigenvalue weighted by molar-refractivity contribution is 4.87. The topological polar surface area (TPSA) is 32.7 Å². The van der Waals surface area contributed by atoms with E-state index in [0.717, 1.165) is 25.9 Å². The second-order valence-electron chi connectivity index (χ2n) is 5.77. The number of rotatable bonds is 4. The number of aliphatic hydroxyl groups is 1. The Morgan fingerprint density at radius 2 is 2.00 bits per heavy atom. The third-order valence-electron chi connectivity index (χ3n) is 3.93. The summed E-state index contributed by atoms with van der Waals surface area (Å²) < 4.78 is 5.81. The highest BCUT2D eigenvalue weighted by atomic mass is 16.5. The maximum atomic E-state index is 10.3. The summed E-state index contributed by atoms with van der Waals surface area (Å²) in [6, 6.07) is 0. The Kier molecular flexibility index (Phi) is 3.88. The Bertz CT molecular complexity index is 226. The Morgan fingerprint density at radius 3 is 2.56 bits per heavy atom. The molecule has 16 heavy (non-hydrogen) atoms. The minimum Gasteiger partial charge on any atom is -0.389 e. The molecule has 94 valence electrons. The lowest BCUT2D eigenvalue weighted by molar-refractivity contribution is -0.00812. The van der Waals surface area contributed by atoms with Crippen LogP contribution in [0.2, 0.25) is 0 Å². The lowest BCUT2D eigenvalue weighted by Gasteiger charge is -2.30. The van der Waals surface area contributed by atoms with Gasteiger partial charge < -0.3 is 14.7 Å². The van der Waals surface area contributed by atoms with Gasteiger partial charge in [-0.25, -0.2) is 0 Å². The van der Waals surface area contributed by atoms with Crippen LogP contribution in [-0.4, -0.2) is 48.0 Å². The summed E-state index contributed by atoms with van der Waals surface area (Å²) in [7, 11) is 2.10. The lowest BCUT2D eigenvalue weighted by atomic mass is 10.0. The molecule has 0 amide bonds. The van der Waals surface area contributed by atoms with Crippen LogP contribution in [0.5, 0.6) is 0 Å². The predicted octanol–water partition coefficient (Wildman–Crippen LogP) is 1.79. The van der Waals surface area contributed by atoms with E-state index in [-0.39, 0.29) is 0 Å². The molecular formula is C13H25NO2. The zero-order valence-corrected chi connectivity index (χ0v) is 10.6. The van der Waals surface area contributed by atoms with Gasteiger partial charge in [0.1, 0.15) is 0 Å². The molecule has 0 radical (unpaired) electrons. The van der Waals surface area contributed by atoms with Gasteiger partial charge in [0.2, 0.25) is 0 Å². The molecule has 2 aliphatic rings. The molecule has 1 aliphatic heterocycles. The third-order valence-corrected chi connectivity index (χ3v) is 3.93. The van der Waals surface area contributed by atoms with Crippen molar-refractivity contribution in [3.05, 3.63) is 0 Å². The fourth-order valence-corrected chi connectivity index (χ4v) is 3.13. The zero-order chi connectivity index (χ0) is 11.6. The van der Waals surface area contributed by atoms with E-state index in [9.17, 15) is 5.11 Å². The van der Waals surface area contributed by atoms with E-state index in [2.05, 4.69) is 18.9 Å². The number of likely N-dealkylation sites (N-methyl/N-ethyl adjacent to an activating group) is 1. The van der Waals surface area contributed by atoms with Crippen molar-refractivity contribution in [2.24, 2.45) is 0 Å². The molecule has 2 atom stereocenters. The van der Waals surface area contributed by atoms with Crippen LogP contribution in [0.25, 0.3) is 0 Å². The number of nitrogens with zero attached hydrogens (tertiary/aromatic N) is 1. The van der Waals surface area contributed by atoms with Gasteiger partial charge in [-0.3, -0.25) is 0 Å². The summed E-state index contributed by atoms with van der Waals surface area (Å²) in [6.45, 7) is 3.92. The molecule has 0 aromatic carbocycles. The van der Waals surface area contributed by atoms with Gasteiger partial charge in [-0.1, -0.05) is 12.8 Å². The molecule has 1 aliphatic carbocycles. The van der Waals surface area contributed by atoms with Crippen LogP contribution in [0.4, 0.5) is 0 Å². The van der Waals surface area contributed by atoms with Crippen LogP contribution in [0.15, 0.2) is 0 Å². The summed E-state index contributed by atoms with van der Waals surface area (Å²) in [5.74, 6) is 0. The molecule has 1 N–H and O–H groups in total. The van der Waals surface area contributed by atoms with Crippen molar-refractivity contribution in [1.82, 2.24) is 4.90 Å². The van der Waals surface area contributed by atoms with Crippen LogP contribution >= 0.6 is 0 Å². The quantitative estimate of drug-likeness (QED) is 0.795. The predicted molar refractivity (Wildman–Crippen MR) is 64.5 cm³/mol. The van der Waals surface area contributed by atoms with Gasteiger partial charge >= 0.3 is 0 Å². The first kappa shape index (κ1) is 12.3. The lowest BCUT2D eigenvalue weighted by Crippen LogP contribution is -2.42. The van der Waals surface area contributed by atoms with Crippen LogP contribution in [0, 0.1) is 0 Å². The third kappa shape index (κ3) is 3.19. The Morgan fingerprint density at radius 1 is 1.31 bits per heavy atom. The van der Waals surface area contributed by atoms with Gasteiger partial charge in [-0.15, -0.1) is 0 Å². The summed E-state index contributed by atoms with van der Waals surface area (Å²) in [4.78, 5) is 2.24. The van der Waals surface area contributed by atoms with Gasteiger partial charge in [-0.05, 0) is 39.7 Å². The molecule has 1 saturated heterocycles. The van der Waals surface area contributed by atoms with Gasteiger partial charge in [0.15, 0.2) is 0 Å². The van der Waals surface area contributed by atoms with Gasteiger partial charge in [-0.2, -0.15) is 0 Å². The Hall–Kier alpha value is -0.120. The van der Waals surface area contributed by atoms with Crippen molar-refractivity contribution in [3.8, 4) is 0 Å². The molecule has 2 rings (SSSR count). The SMILES string of the molecule is CC1CCC(CN(C)CC2(O)CCCC2)O1. The molecule has 0 aromatic rings. The van der Waals surface area contributed by atoms with Crippen molar-refractivity contribution in [3.63, 3.8) is 0 Å². The fourth-order valence-electron chi connectivity index (χ4n) is 3.13. The molecular weight excluding hydrogens is 202 g/mol. The monoisotopic (exact) mass is 227 g/mol. The minimum absolute atomic E-state index is 0.380. The van der Waals surface area contributed by atoms with Crippen LogP contribution in [0.1, 0.15) is 45.4 Å². The molecule has 3 nitrogen and oxygen atoms in total. The number of hydrogen-bond donors (Lipinski definition) is 1. The van der Waals surface area contributed by atoms with E-state index in [4.69, 9.17) is 4.74 Å². The first-order valence-electron chi connectivity index (χ1n) is 6.64. The maximum Gasteiger partial charge on any atom is 0.0774 e. The Labute approximate surface area is 98.8 Å². The smallest absolute Gasteiger partial charge is 0.0774 e. The van der Waals surface area contributed by atoms with Crippen molar-refractivity contribution < 1.29 is 9.84 Å². The van der Waals surface area contributed by atoms with E-state index in [1.54, 1.807) is 0 Å². The maximum absolute atomic E-state index is 10.3. The van der Waals surface area contributed by atoms with Crippen LogP contribution < -0.4 is 0 Å². The summed E-state index contributed by atoms with van der Waals surface area (Å²) in [5, 5.41) is 10.3.